The summed E-state index contributed by atoms with van der Waals surface area (Å²) < 4.78 is 19.1. The van der Waals surface area contributed by atoms with Crippen LogP contribution in [0.25, 0.3) is 10.1 Å². The van der Waals surface area contributed by atoms with Crippen LogP contribution in [0.4, 0.5) is 4.39 Å². The monoisotopic (exact) mass is 230 g/mol. The molecule has 1 aromatic carbocycles. The summed E-state index contributed by atoms with van der Waals surface area (Å²) in [6.07, 6.45) is 0. The van der Waals surface area contributed by atoms with Gasteiger partial charge in [0.1, 0.15) is 5.82 Å². The molecule has 2 rings (SSSR count). The first-order valence-corrected chi connectivity index (χ1v) is 5.41. The van der Waals surface area contributed by atoms with Crippen LogP contribution in [0.1, 0.15) is 5.56 Å². The van der Waals surface area contributed by atoms with Gasteiger partial charge in [0.05, 0.1) is 7.11 Å². The average Bonchev–Trinajstić information content (AvgIpc) is 2.59. The number of halogens is 2. The smallest absolute Gasteiger partial charge is 0.174 e. The molecular weight excluding hydrogens is 223 g/mol. The third kappa shape index (κ3) is 1.57. The van der Waals surface area contributed by atoms with Gasteiger partial charge in [0.2, 0.25) is 0 Å². The SMILES string of the molecule is COc1cc2c(CCl)cc(F)cc2s1. The minimum Gasteiger partial charge on any atom is -0.487 e. The van der Waals surface area contributed by atoms with E-state index in [1.54, 1.807) is 7.11 Å². The highest BCUT2D eigenvalue weighted by molar-refractivity contribution is 7.20. The highest BCUT2D eigenvalue weighted by Crippen LogP contribution is 2.34. The fourth-order valence-corrected chi connectivity index (χ4v) is 2.53. The van der Waals surface area contributed by atoms with Gasteiger partial charge in [-0.05, 0) is 23.8 Å². The quantitative estimate of drug-likeness (QED) is 0.714. The van der Waals surface area contributed by atoms with Crippen LogP contribution in [-0.4, -0.2) is 7.11 Å². The molecule has 0 aliphatic heterocycles. The molecule has 0 unspecified atom stereocenters. The Bertz CT molecular complexity index is 466. The molecule has 0 saturated heterocycles. The number of fused-ring (bicyclic) bond motifs is 1. The third-order valence-electron chi connectivity index (χ3n) is 2.01. The van der Waals surface area contributed by atoms with E-state index < -0.39 is 0 Å². The van der Waals surface area contributed by atoms with Crippen LogP contribution in [-0.2, 0) is 5.88 Å². The summed E-state index contributed by atoms with van der Waals surface area (Å²) in [6.45, 7) is 0. The summed E-state index contributed by atoms with van der Waals surface area (Å²) in [5, 5.41) is 1.75. The summed E-state index contributed by atoms with van der Waals surface area (Å²) in [7, 11) is 1.60. The Balaban J connectivity index is 2.71. The number of thiophene rings is 1. The number of ether oxygens (including phenoxy) is 1. The molecule has 74 valence electrons. The van der Waals surface area contributed by atoms with Crippen molar-refractivity contribution in [1.29, 1.82) is 0 Å². The second kappa shape index (κ2) is 3.75. The maximum Gasteiger partial charge on any atom is 0.174 e. The van der Waals surface area contributed by atoms with Crippen molar-refractivity contribution in [2.45, 2.75) is 5.88 Å². The molecule has 2 aromatic rings. The van der Waals surface area contributed by atoms with Gasteiger partial charge >= 0.3 is 0 Å². The Hall–Kier alpha value is -0.800. The van der Waals surface area contributed by atoms with E-state index >= 15 is 0 Å². The predicted molar refractivity (Wildman–Crippen MR) is 57.9 cm³/mol. The molecule has 0 aliphatic rings. The maximum atomic E-state index is 13.1. The van der Waals surface area contributed by atoms with Crippen molar-refractivity contribution in [2.24, 2.45) is 0 Å². The van der Waals surface area contributed by atoms with E-state index in [0.717, 1.165) is 20.7 Å². The molecule has 0 amide bonds. The molecule has 0 atom stereocenters. The van der Waals surface area contributed by atoms with Gasteiger partial charge in [-0.2, -0.15) is 0 Å². The van der Waals surface area contributed by atoms with E-state index in [1.165, 1.54) is 23.5 Å². The van der Waals surface area contributed by atoms with E-state index in [4.69, 9.17) is 16.3 Å². The Morgan fingerprint density at radius 2 is 2.21 bits per heavy atom. The molecule has 0 saturated carbocycles. The zero-order chi connectivity index (χ0) is 10.1. The molecule has 1 aromatic heterocycles. The van der Waals surface area contributed by atoms with Crippen LogP contribution in [0.2, 0.25) is 0 Å². The van der Waals surface area contributed by atoms with Crippen LogP contribution in [0, 0.1) is 5.82 Å². The molecule has 14 heavy (non-hydrogen) atoms. The van der Waals surface area contributed by atoms with Crippen LogP contribution >= 0.6 is 22.9 Å². The summed E-state index contributed by atoms with van der Waals surface area (Å²) in [5.74, 6) is 0.0615. The van der Waals surface area contributed by atoms with Gasteiger partial charge < -0.3 is 4.74 Å². The lowest BCUT2D eigenvalue weighted by molar-refractivity contribution is 0.427. The standard InChI is InChI=1S/C10H8ClFOS/c1-13-10-4-8-6(5-11)2-7(12)3-9(8)14-10/h2-4H,5H2,1H3. The van der Waals surface area contributed by atoms with Crippen molar-refractivity contribution < 1.29 is 9.13 Å². The average molecular weight is 231 g/mol. The number of benzene rings is 1. The molecule has 0 bridgehead atoms. The first-order chi connectivity index (χ1) is 6.74. The zero-order valence-corrected chi connectivity index (χ0v) is 9.08. The predicted octanol–water partition coefficient (Wildman–Crippen LogP) is 3.79. The van der Waals surface area contributed by atoms with Gasteiger partial charge in [-0.15, -0.1) is 11.6 Å². The van der Waals surface area contributed by atoms with Gasteiger partial charge in [0.15, 0.2) is 5.06 Å². The molecule has 0 fully saturated rings. The first-order valence-electron chi connectivity index (χ1n) is 4.06. The van der Waals surface area contributed by atoms with E-state index in [1.807, 2.05) is 6.07 Å². The lowest BCUT2D eigenvalue weighted by Gasteiger charge is -1.97. The van der Waals surface area contributed by atoms with Crippen LogP contribution in [0.15, 0.2) is 18.2 Å². The second-order valence-corrected chi connectivity index (χ2v) is 4.19. The Kier molecular flexibility index (Phi) is 2.61. The number of alkyl halides is 1. The van der Waals surface area contributed by atoms with Crippen molar-refractivity contribution in [3.8, 4) is 5.06 Å². The second-order valence-electron chi connectivity index (χ2n) is 2.88. The van der Waals surface area contributed by atoms with E-state index in [0.29, 0.717) is 5.88 Å². The molecular formula is C10H8ClFOS. The van der Waals surface area contributed by atoms with Crippen LogP contribution in [0.5, 0.6) is 5.06 Å². The molecule has 4 heteroatoms. The van der Waals surface area contributed by atoms with Gasteiger partial charge in [-0.3, -0.25) is 0 Å². The largest absolute Gasteiger partial charge is 0.487 e. The molecule has 0 spiro atoms. The highest BCUT2D eigenvalue weighted by Gasteiger charge is 2.08. The molecule has 1 nitrogen and oxygen atoms in total. The van der Waals surface area contributed by atoms with E-state index in [2.05, 4.69) is 0 Å². The van der Waals surface area contributed by atoms with Crippen LogP contribution < -0.4 is 4.74 Å². The first kappa shape index (κ1) is 9.74. The summed E-state index contributed by atoms with van der Waals surface area (Å²) >= 11 is 7.15. The van der Waals surface area contributed by atoms with E-state index in [9.17, 15) is 4.39 Å². The zero-order valence-electron chi connectivity index (χ0n) is 7.51. The van der Waals surface area contributed by atoms with Crippen molar-refractivity contribution >= 4 is 33.0 Å². The maximum absolute atomic E-state index is 13.1. The van der Waals surface area contributed by atoms with Gasteiger partial charge in [-0.1, -0.05) is 11.3 Å². The molecule has 0 aliphatic carbocycles. The van der Waals surface area contributed by atoms with Gasteiger partial charge in [0.25, 0.3) is 0 Å². The van der Waals surface area contributed by atoms with Crippen molar-refractivity contribution in [3.63, 3.8) is 0 Å². The highest BCUT2D eigenvalue weighted by atomic mass is 35.5. The van der Waals surface area contributed by atoms with Gasteiger partial charge in [0, 0.05) is 16.0 Å². The van der Waals surface area contributed by atoms with Crippen molar-refractivity contribution in [3.05, 3.63) is 29.6 Å². The Labute approximate surface area is 90.1 Å². The van der Waals surface area contributed by atoms with Crippen molar-refractivity contribution in [2.75, 3.05) is 7.11 Å². The normalized spacial score (nSPS) is 10.8. The minimum absolute atomic E-state index is 0.252. The lowest BCUT2D eigenvalue weighted by atomic mass is 10.1. The Morgan fingerprint density at radius 3 is 2.86 bits per heavy atom. The molecule has 1 heterocycles. The topological polar surface area (TPSA) is 9.23 Å². The van der Waals surface area contributed by atoms with Crippen molar-refractivity contribution in [1.82, 2.24) is 0 Å². The Morgan fingerprint density at radius 1 is 1.43 bits per heavy atom. The fraction of sp³-hybridized carbons (Fsp3) is 0.200. The number of methoxy groups -OCH3 is 1. The van der Waals surface area contributed by atoms with Crippen LogP contribution in [0.3, 0.4) is 0 Å². The van der Waals surface area contributed by atoms with Gasteiger partial charge in [-0.25, -0.2) is 4.39 Å². The summed E-state index contributed by atoms with van der Waals surface area (Å²) in [5.41, 5.74) is 0.807. The minimum atomic E-state index is -0.252. The number of hydrogen-bond donors (Lipinski definition) is 0. The lowest BCUT2D eigenvalue weighted by Crippen LogP contribution is -1.81. The summed E-state index contributed by atoms with van der Waals surface area (Å²) in [6, 6.07) is 4.84. The van der Waals surface area contributed by atoms with E-state index in [-0.39, 0.29) is 5.82 Å². The number of hydrogen-bond acceptors (Lipinski definition) is 2. The summed E-state index contributed by atoms with van der Waals surface area (Å²) in [4.78, 5) is 0. The molecule has 0 N–H and O–H groups in total. The fourth-order valence-electron chi connectivity index (χ4n) is 1.36. The number of rotatable bonds is 2. The third-order valence-corrected chi connectivity index (χ3v) is 3.34. The molecule has 0 radical (unpaired) electrons.